The van der Waals surface area contributed by atoms with Crippen LogP contribution in [0.3, 0.4) is 0 Å². The molecule has 0 N–H and O–H groups in total. The van der Waals surface area contributed by atoms with Crippen molar-refractivity contribution in [1.82, 2.24) is 4.98 Å². The number of amides is 1. The third kappa shape index (κ3) is 9.24. The van der Waals surface area contributed by atoms with Gasteiger partial charge in [-0.2, -0.15) is 13.2 Å². The Labute approximate surface area is 263 Å². The number of ether oxygens (including phenoxy) is 4. The predicted octanol–water partition coefficient (Wildman–Crippen LogP) is 6.40. The predicted molar refractivity (Wildman–Crippen MR) is 160 cm³/mol. The molecule has 2 aromatic rings. The lowest BCUT2D eigenvalue weighted by atomic mass is 9.82. The molecule has 1 aliphatic carbocycles. The fourth-order valence-corrected chi connectivity index (χ4v) is 5.50. The number of hydrogen-bond donors (Lipinski definition) is 0. The van der Waals surface area contributed by atoms with Gasteiger partial charge in [0.25, 0.3) is 0 Å². The average molecular weight is 688 g/mol. The highest BCUT2D eigenvalue weighted by Crippen LogP contribution is 2.39. The van der Waals surface area contributed by atoms with Gasteiger partial charge in [0.15, 0.2) is 0 Å². The molecule has 0 unspecified atom stereocenters. The second-order valence-electron chi connectivity index (χ2n) is 10.9. The monoisotopic (exact) mass is 686 g/mol. The van der Waals surface area contributed by atoms with Gasteiger partial charge in [-0.15, -0.1) is 0 Å². The van der Waals surface area contributed by atoms with Crippen LogP contribution in [0, 0.1) is 11.8 Å². The first-order chi connectivity index (χ1) is 20.9. The molecule has 242 valence electrons. The maximum atomic E-state index is 14.0. The van der Waals surface area contributed by atoms with Crippen molar-refractivity contribution in [3.63, 3.8) is 0 Å². The summed E-state index contributed by atoms with van der Waals surface area (Å²) in [6, 6.07) is 4.33. The Hall–Kier alpha value is -3.03. The number of benzene rings is 1. The number of halogens is 4. The Balaban J connectivity index is 2.05. The highest BCUT2D eigenvalue weighted by Gasteiger charge is 2.37. The van der Waals surface area contributed by atoms with Gasteiger partial charge in [0.1, 0.15) is 17.1 Å². The number of aryl methyl sites for hydroxylation is 1. The Morgan fingerprint density at radius 3 is 2.27 bits per heavy atom. The molecule has 0 bridgehead atoms. The van der Waals surface area contributed by atoms with E-state index in [2.05, 4.69) is 27.8 Å². The van der Waals surface area contributed by atoms with Crippen LogP contribution in [0.25, 0.3) is 0 Å². The topological polar surface area (TPSA) is 104 Å². The number of esters is 1. The molecule has 1 aromatic heterocycles. The number of alkyl halides is 4. The molecule has 1 fully saturated rings. The van der Waals surface area contributed by atoms with E-state index in [1.165, 1.54) is 50.6 Å². The molecular formula is C31H38BrF3N2O7. The molecule has 1 amide bonds. The lowest BCUT2D eigenvalue weighted by molar-refractivity contribution is -0.139. The van der Waals surface area contributed by atoms with E-state index < -0.39 is 29.6 Å². The van der Waals surface area contributed by atoms with Crippen LogP contribution in [0.1, 0.15) is 60.5 Å². The number of aromatic nitrogens is 1. The van der Waals surface area contributed by atoms with Crippen LogP contribution in [0.5, 0.6) is 11.6 Å². The average Bonchev–Trinajstić information content (AvgIpc) is 3.00. The Morgan fingerprint density at radius 2 is 1.70 bits per heavy atom. The maximum Gasteiger partial charge on any atom is 0.421 e. The number of methoxy groups -OCH3 is 3. The molecule has 0 radical (unpaired) electrons. The van der Waals surface area contributed by atoms with Crippen molar-refractivity contribution in [3.8, 4) is 11.6 Å². The minimum Gasteiger partial charge on any atom is -0.465 e. The van der Waals surface area contributed by atoms with Gasteiger partial charge in [-0.25, -0.2) is 9.78 Å². The minimum absolute atomic E-state index is 0.0522. The summed E-state index contributed by atoms with van der Waals surface area (Å²) in [4.78, 5) is 44.1. The number of carbonyl (C=O) groups is 3. The summed E-state index contributed by atoms with van der Waals surface area (Å²) in [5, 5.41) is 0.104. The van der Waals surface area contributed by atoms with E-state index in [0.717, 1.165) is 18.9 Å². The second kappa shape index (κ2) is 16.3. The van der Waals surface area contributed by atoms with Gasteiger partial charge >= 0.3 is 12.1 Å². The molecular weight excluding hydrogens is 649 g/mol. The van der Waals surface area contributed by atoms with E-state index in [-0.39, 0.29) is 71.6 Å². The third-order valence-corrected chi connectivity index (χ3v) is 8.21. The molecule has 0 spiro atoms. The van der Waals surface area contributed by atoms with Gasteiger partial charge in [0.2, 0.25) is 11.8 Å². The number of ketones is 1. The quantitative estimate of drug-likeness (QED) is 0.166. The first-order valence-electron chi connectivity index (χ1n) is 14.3. The van der Waals surface area contributed by atoms with Crippen molar-refractivity contribution >= 4 is 39.3 Å². The third-order valence-electron chi connectivity index (χ3n) is 7.59. The second-order valence-corrected chi connectivity index (χ2v) is 11.4. The molecule has 3 rings (SSSR count). The van der Waals surface area contributed by atoms with E-state index >= 15 is 0 Å². The van der Waals surface area contributed by atoms with Crippen molar-refractivity contribution in [1.29, 1.82) is 0 Å². The standard InChI is InChI=1S/C31H38BrF3N2O7/c1-19-5-8-21(9-6-19)29(39)37(22(17-41-2)18-42-3)27-12-11-24(14-25(27)30(40)43-4)44-28-26(31(33,34)35)13-20(16-36-28)7-10-23(38)15-32/h11-14,16,19,21-22H,5-10,15,17-18H2,1-4H3/t19-,21-. The zero-order chi connectivity index (χ0) is 32.4. The number of carbonyl (C=O) groups excluding carboxylic acids is 3. The SMILES string of the molecule is COCC(COC)N(c1ccc(Oc2ncc(CCC(=O)CBr)cc2C(F)(F)F)cc1C(=O)OC)C(=O)[C@H]1CC[C@H](C)CC1. The van der Waals surface area contributed by atoms with Crippen LogP contribution in [0.2, 0.25) is 0 Å². The van der Waals surface area contributed by atoms with Gasteiger partial charge in [0, 0.05) is 32.8 Å². The number of rotatable bonds is 14. The lowest BCUT2D eigenvalue weighted by Crippen LogP contribution is -2.49. The zero-order valence-electron chi connectivity index (χ0n) is 25.2. The van der Waals surface area contributed by atoms with Crippen molar-refractivity contribution in [2.24, 2.45) is 11.8 Å². The van der Waals surface area contributed by atoms with Crippen LogP contribution in [0.15, 0.2) is 30.5 Å². The highest BCUT2D eigenvalue weighted by atomic mass is 79.9. The van der Waals surface area contributed by atoms with Crippen molar-refractivity contribution in [3.05, 3.63) is 47.2 Å². The van der Waals surface area contributed by atoms with Gasteiger partial charge in [-0.05, 0) is 67.9 Å². The fraction of sp³-hybridized carbons (Fsp3) is 0.548. The molecule has 9 nitrogen and oxygen atoms in total. The molecule has 13 heteroatoms. The molecule has 0 aliphatic heterocycles. The number of Topliss-reactive ketones (excluding diaryl/α,β-unsaturated/α-hetero) is 1. The summed E-state index contributed by atoms with van der Waals surface area (Å²) >= 11 is 3.04. The smallest absolute Gasteiger partial charge is 0.421 e. The number of pyridine rings is 1. The number of nitrogens with zero attached hydrogens (tertiary/aromatic N) is 2. The molecule has 1 heterocycles. The largest absolute Gasteiger partial charge is 0.465 e. The molecule has 44 heavy (non-hydrogen) atoms. The van der Waals surface area contributed by atoms with Crippen LogP contribution in [0.4, 0.5) is 18.9 Å². The van der Waals surface area contributed by atoms with Crippen LogP contribution < -0.4 is 9.64 Å². The Morgan fingerprint density at radius 1 is 1.05 bits per heavy atom. The lowest BCUT2D eigenvalue weighted by Gasteiger charge is -2.36. The van der Waals surface area contributed by atoms with Crippen molar-refractivity contribution < 1.29 is 46.5 Å². The van der Waals surface area contributed by atoms with Gasteiger partial charge in [-0.1, -0.05) is 22.9 Å². The normalized spacial score (nSPS) is 16.9. The molecule has 1 aliphatic rings. The molecule has 0 atom stereocenters. The summed E-state index contributed by atoms with van der Waals surface area (Å²) < 4.78 is 63.4. The van der Waals surface area contributed by atoms with E-state index in [0.29, 0.717) is 18.8 Å². The van der Waals surface area contributed by atoms with E-state index in [1.807, 2.05) is 0 Å². The van der Waals surface area contributed by atoms with Crippen LogP contribution in [-0.4, -0.2) is 68.6 Å². The maximum absolute atomic E-state index is 14.0. The molecule has 0 saturated heterocycles. The van der Waals surface area contributed by atoms with E-state index in [9.17, 15) is 27.6 Å². The summed E-state index contributed by atoms with van der Waals surface area (Å²) in [5.74, 6) is -1.80. The minimum atomic E-state index is -4.81. The molecule has 1 saturated carbocycles. The summed E-state index contributed by atoms with van der Waals surface area (Å²) in [6.07, 6.45) is -0.314. The molecule has 1 aromatic carbocycles. The summed E-state index contributed by atoms with van der Waals surface area (Å²) in [7, 11) is 4.14. The van der Waals surface area contributed by atoms with E-state index in [4.69, 9.17) is 18.9 Å². The number of hydrogen-bond acceptors (Lipinski definition) is 8. The Bertz CT molecular complexity index is 1290. The zero-order valence-corrected chi connectivity index (χ0v) is 26.8. The van der Waals surface area contributed by atoms with Gasteiger partial charge in [0.05, 0.1) is 42.9 Å². The van der Waals surface area contributed by atoms with Gasteiger partial charge < -0.3 is 23.8 Å². The number of anilines is 1. The van der Waals surface area contributed by atoms with Crippen LogP contribution >= 0.6 is 15.9 Å². The first kappa shape index (κ1) is 35.4. The summed E-state index contributed by atoms with van der Waals surface area (Å²) in [5.41, 5.74) is -0.798. The fourth-order valence-electron chi connectivity index (χ4n) is 5.22. The summed E-state index contributed by atoms with van der Waals surface area (Å²) in [6.45, 7) is 2.35. The van der Waals surface area contributed by atoms with Crippen LogP contribution in [-0.2, 0) is 36.4 Å². The Kier molecular flexibility index (Phi) is 13.2. The van der Waals surface area contributed by atoms with Crippen molar-refractivity contribution in [2.45, 2.75) is 57.7 Å². The highest BCUT2D eigenvalue weighted by molar-refractivity contribution is 9.09. The van der Waals surface area contributed by atoms with E-state index in [1.54, 1.807) is 0 Å². The van der Waals surface area contributed by atoms with Gasteiger partial charge in [-0.3, -0.25) is 9.59 Å². The first-order valence-corrected chi connectivity index (χ1v) is 15.4. The van der Waals surface area contributed by atoms with Crippen molar-refractivity contribution in [2.75, 3.05) is 44.8 Å².